The smallest absolute Gasteiger partial charge is 0.295 e. The Morgan fingerprint density at radius 3 is 1.86 bits per heavy atom. The van der Waals surface area contributed by atoms with E-state index in [2.05, 4.69) is 0 Å². The molecule has 0 amide bonds. The van der Waals surface area contributed by atoms with E-state index in [1.165, 1.54) is 24.3 Å². The molecule has 0 fully saturated rings. The first-order valence-electron chi connectivity index (χ1n) is 5.98. The second kappa shape index (κ2) is 4.39. The van der Waals surface area contributed by atoms with Crippen LogP contribution in [0, 0.1) is 0 Å². The molecule has 0 atom stereocenters. The van der Waals surface area contributed by atoms with Crippen LogP contribution in [-0.2, 0) is 10.1 Å². The minimum atomic E-state index is -4.89. The standard InChI is InChI=1S/C14H8O7S/c15-8-5-9(22(19,20)21)10-11(14(8)18)13(17)7-4-2-1-3-6(7)12(10)16/h1-5,15,18H,(H,19,20,21). The largest absolute Gasteiger partial charge is 0.504 e. The molecule has 0 heterocycles. The van der Waals surface area contributed by atoms with Gasteiger partial charge < -0.3 is 10.2 Å². The van der Waals surface area contributed by atoms with Gasteiger partial charge in [0.25, 0.3) is 10.1 Å². The molecule has 112 valence electrons. The van der Waals surface area contributed by atoms with Gasteiger partial charge in [0.15, 0.2) is 23.1 Å². The summed E-state index contributed by atoms with van der Waals surface area (Å²) in [5.41, 5.74) is -1.37. The van der Waals surface area contributed by atoms with Crippen LogP contribution in [0.15, 0.2) is 35.2 Å². The molecule has 1 aliphatic rings. The van der Waals surface area contributed by atoms with E-state index in [0.29, 0.717) is 6.07 Å². The fourth-order valence-electron chi connectivity index (χ4n) is 2.43. The molecule has 3 N–H and O–H groups in total. The Morgan fingerprint density at radius 2 is 1.36 bits per heavy atom. The molecule has 1 aliphatic carbocycles. The number of carbonyl (C=O) groups is 2. The highest BCUT2D eigenvalue weighted by atomic mass is 32.2. The molecule has 0 aromatic heterocycles. The molecular formula is C14H8O7S. The molecule has 0 saturated heterocycles. The highest BCUT2D eigenvalue weighted by Gasteiger charge is 2.38. The molecule has 0 bridgehead atoms. The van der Waals surface area contributed by atoms with Gasteiger partial charge in [-0.2, -0.15) is 8.42 Å². The number of rotatable bonds is 1. The summed E-state index contributed by atoms with van der Waals surface area (Å²) in [6.07, 6.45) is 0. The van der Waals surface area contributed by atoms with Gasteiger partial charge >= 0.3 is 0 Å². The van der Waals surface area contributed by atoms with E-state index < -0.39 is 49.2 Å². The normalized spacial score (nSPS) is 13.7. The molecule has 3 rings (SSSR count). The lowest BCUT2D eigenvalue weighted by Crippen LogP contribution is -2.23. The van der Waals surface area contributed by atoms with Gasteiger partial charge in [0.1, 0.15) is 4.90 Å². The summed E-state index contributed by atoms with van der Waals surface area (Å²) in [5, 5.41) is 19.4. The van der Waals surface area contributed by atoms with E-state index >= 15 is 0 Å². The Kier molecular flexibility index (Phi) is 2.84. The number of phenols is 2. The van der Waals surface area contributed by atoms with Gasteiger partial charge in [0, 0.05) is 17.2 Å². The van der Waals surface area contributed by atoms with Crippen molar-refractivity contribution in [2.75, 3.05) is 0 Å². The lowest BCUT2D eigenvalue weighted by atomic mass is 9.83. The van der Waals surface area contributed by atoms with Gasteiger partial charge in [-0.05, 0) is 0 Å². The van der Waals surface area contributed by atoms with Crippen LogP contribution >= 0.6 is 0 Å². The molecule has 0 radical (unpaired) electrons. The van der Waals surface area contributed by atoms with Crippen LogP contribution in [0.5, 0.6) is 11.5 Å². The number of aromatic hydroxyl groups is 2. The van der Waals surface area contributed by atoms with Crippen molar-refractivity contribution in [2.24, 2.45) is 0 Å². The zero-order valence-electron chi connectivity index (χ0n) is 10.8. The Balaban J connectivity index is 2.50. The maximum absolute atomic E-state index is 12.5. The van der Waals surface area contributed by atoms with E-state index in [9.17, 15) is 32.8 Å². The highest BCUT2D eigenvalue weighted by molar-refractivity contribution is 7.86. The fourth-order valence-corrected chi connectivity index (χ4v) is 3.15. The molecule has 0 saturated carbocycles. The van der Waals surface area contributed by atoms with Gasteiger partial charge in [-0.25, -0.2) is 0 Å². The maximum atomic E-state index is 12.5. The summed E-state index contributed by atoms with van der Waals surface area (Å²) < 4.78 is 32.1. The number of hydrogen-bond donors (Lipinski definition) is 3. The first-order chi connectivity index (χ1) is 10.2. The molecule has 0 aliphatic heterocycles. The summed E-state index contributed by atoms with van der Waals surface area (Å²) >= 11 is 0. The van der Waals surface area contributed by atoms with Gasteiger partial charge in [0.05, 0.1) is 11.1 Å². The van der Waals surface area contributed by atoms with Crippen molar-refractivity contribution in [3.05, 3.63) is 52.6 Å². The summed E-state index contributed by atoms with van der Waals surface area (Å²) in [6, 6.07) is 6.19. The Bertz CT molecular complexity index is 957. The lowest BCUT2D eigenvalue weighted by molar-refractivity contribution is 0.0973. The Labute approximate surface area is 124 Å². The molecule has 0 spiro atoms. The molecular weight excluding hydrogens is 312 g/mol. The third kappa shape index (κ3) is 1.81. The predicted molar refractivity (Wildman–Crippen MR) is 72.9 cm³/mol. The molecule has 8 heteroatoms. The minimum absolute atomic E-state index is 0.0258. The topological polar surface area (TPSA) is 129 Å². The van der Waals surface area contributed by atoms with Crippen molar-refractivity contribution in [1.82, 2.24) is 0 Å². The van der Waals surface area contributed by atoms with Crippen molar-refractivity contribution in [1.29, 1.82) is 0 Å². The summed E-state index contributed by atoms with van der Waals surface area (Å²) in [4.78, 5) is 23.9. The fraction of sp³-hybridized carbons (Fsp3) is 0. The Morgan fingerprint density at radius 1 is 0.864 bits per heavy atom. The van der Waals surface area contributed by atoms with Crippen molar-refractivity contribution in [3.8, 4) is 11.5 Å². The van der Waals surface area contributed by atoms with E-state index in [0.717, 1.165) is 0 Å². The van der Waals surface area contributed by atoms with Crippen molar-refractivity contribution >= 4 is 21.7 Å². The predicted octanol–water partition coefficient (Wildman–Crippen LogP) is 1.12. The SMILES string of the molecule is O=C1c2ccccc2C(=O)c2c(O)c(O)cc(S(=O)(=O)O)c21. The summed E-state index contributed by atoms with van der Waals surface area (Å²) in [6.45, 7) is 0. The number of hydrogen-bond acceptors (Lipinski definition) is 6. The molecule has 0 unspecified atom stereocenters. The van der Waals surface area contributed by atoms with Crippen LogP contribution < -0.4 is 0 Å². The summed E-state index contributed by atoms with van der Waals surface area (Å²) in [5.74, 6) is -3.49. The average Bonchev–Trinajstić information content (AvgIpc) is 2.46. The van der Waals surface area contributed by atoms with Crippen LogP contribution in [0.1, 0.15) is 31.8 Å². The minimum Gasteiger partial charge on any atom is -0.504 e. The third-order valence-electron chi connectivity index (χ3n) is 3.39. The first kappa shape index (κ1) is 14.2. The molecule has 7 nitrogen and oxygen atoms in total. The van der Waals surface area contributed by atoms with Crippen molar-refractivity contribution < 1.29 is 32.8 Å². The number of ketones is 2. The van der Waals surface area contributed by atoms with Gasteiger partial charge in [-0.3, -0.25) is 14.1 Å². The van der Waals surface area contributed by atoms with Crippen LogP contribution in [0.25, 0.3) is 0 Å². The van der Waals surface area contributed by atoms with Gasteiger partial charge in [-0.1, -0.05) is 24.3 Å². The van der Waals surface area contributed by atoms with Crippen LogP contribution in [-0.4, -0.2) is 34.8 Å². The monoisotopic (exact) mass is 320 g/mol. The molecule has 2 aromatic carbocycles. The number of phenolic OH excluding ortho intramolecular Hbond substituents is 2. The maximum Gasteiger partial charge on any atom is 0.295 e. The van der Waals surface area contributed by atoms with Gasteiger partial charge in [0.2, 0.25) is 0 Å². The number of benzene rings is 2. The second-order valence-electron chi connectivity index (χ2n) is 4.67. The van der Waals surface area contributed by atoms with E-state index in [1.54, 1.807) is 0 Å². The lowest BCUT2D eigenvalue weighted by Gasteiger charge is -2.20. The third-order valence-corrected chi connectivity index (χ3v) is 4.27. The number of carbonyl (C=O) groups excluding carboxylic acids is 2. The quantitative estimate of drug-likeness (QED) is 0.452. The van der Waals surface area contributed by atoms with E-state index in [4.69, 9.17) is 0 Å². The average molecular weight is 320 g/mol. The van der Waals surface area contributed by atoms with Crippen LogP contribution in [0.4, 0.5) is 0 Å². The zero-order chi connectivity index (χ0) is 16.2. The van der Waals surface area contributed by atoms with Crippen LogP contribution in [0.2, 0.25) is 0 Å². The van der Waals surface area contributed by atoms with Crippen LogP contribution in [0.3, 0.4) is 0 Å². The van der Waals surface area contributed by atoms with Crippen molar-refractivity contribution in [3.63, 3.8) is 0 Å². The second-order valence-corrected chi connectivity index (χ2v) is 6.06. The first-order valence-corrected chi connectivity index (χ1v) is 7.42. The number of fused-ring (bicyclic) bond motifs is 2. The van der Waals surface area contributed by atoms with Gasteiger partial charge in [-0.15, -0.1) is 0 Å². The highest BCUT2D eigenvalue weighted by Crippen LogP contribution is 2.41. The summed E-state index contributed by atoms with van der Waals surface area (Å²) in [7, 11) is -4.89. The Hall–Kier alpha value is -2.71. The van der Waals surface area contributed by atoms with E-state index in [1.807, 2.05) is 0 Å². The zero-order valence-corrected chi connectivity index (χ0v) is 11.6. The molecule has 22 heavy (non-hydrogen) atoms. The van der Waals surface area contributed by atoms with Crippen molar-refractivity contribution in [2.45, 2.75) is 4.90 Å². The van der Waals surface area contributed by atoms with E-state index in [-0.39, 0.29) is 11.1 Å². The molecule has 2 aromatic rings.